The number of fused-ring (bicyclic) bond motifs is 1. The Hall–Kier alpha value is -4.71. The van der Waals surface area contributed by atoms with E-state index in [0.717, 1.165) is 23.3 Å². The lowest BCUT2D eigenvalue weighted by Gasteiger charge is -2.16. The van der Waals surface area contributed by atoms with E-state index in [-0.39, 0.29) is 34.9 Å². The number of rotatable bonds is 12. The van der Waals surface area contributed by atoms with Gasteiger partial charge in [0.2, 0.25) is 6.30 Å². The van der Waals surface area contributed by atoms with Crippen molar-refractivity contribution in [2.24, 2.45) is 0 Å². The van der Waals surface area contributed by atoms with Crippen molar-refractivity contribution in [2.75, 3.05) is 0 Å². The first kappa shape index (κ1) is 28.8. The minimum atomic E-state index is -3.27. The summed E-state index contributed by atoms with van der Waals surface area (Å²) in [6.45, 7) is -0.458. The van der Waals surface area contributed by atoms with Gasteiger partial charge in [0.1, 0.15) is 17.4 Å². The number of H-pyrrole nitrogens is 2. The highest BCUT2D eigenvalue weighted by Crippen LogP contribution is 2.36. The van der Waals surface area contributed by atoms with E-state index in [1.54, 1.807) is 12.3 Å². The second kappa shape index (κ2) is 12.4. The molecule has 42 heavy (non-hydrogen) atoms. The van der Waals surface area contributed by atoms with E-state index >= 15 is 4.39 Å². The van der Waals surface area contributed by atoms with Crippen LogP contribution in [0.15, 0.2) is 67.0 Å². The molecule has 0 aliphatic carbocycles. The Balaban J connectivity index is 1.39. The molecule has 2 aromatic heterocycles. The van der Waals surface area contributed by atoms with E-state index < -0.39 is 36.9 Å². The summed E-state index contributed by atoms with van der Waals surface area (Å²) in [6.07, 6.45) is -2.00. The standard InChI is InChI=1S/C30H25F5N4O3/c31-23-6-5-19(42-27-22(15-37-29(35)28(33)34)20-8-9-36-25(20)13-24(27)32)12-21(23)30-38-14-18(39-30)11-17-3-1-2-16(10-17)4-7-26(40)41/h1-3,5-6,8-10,12-14,28-29,36-37H,4,7,11,15H2,(H,38,39)(H,40,41). The number of benzene rings is 3. The fraction of sp³-hybridized carbons (Fsp3) is 0.200. The molecule has 5 rings (SSSR count). The van der Waals surface area contributed by atoms with Crippen LogP contribution in [-0.4, -0.2) is 38.7 Å². The van der Waals surface area contributed by atoms with Crippen LogP contribution in [0.2, 0.25) is 0 Å². The SMILES string of the molecule is O=C(O)CCc1cccc(Cc2cnc(-c3cc(Oc4c(F)cc5[nH]ccc5c4CNC(F)C(F)F)ccc3F)[nH]2)c1. The molecule has 5 aromatic rings. The maximum atomic E-state index is 15.1. The predicted octanol–water partition coefficient (Wildman–Crippen LogP) is 6.89. The average molecular weight is 585 g/mol. The summed E-state index contributed by atoms with van der Waals surface area (Å²) in [5, 5.41) is 11.4. The fourth-order valence-corrected chi connectivity index (χ4v) is 4.62. The zero-order valence-electron chi connectivity index (χ0n) is 21.9. The van der Waals surface area contributed by atoms with E-state index in [0.29, 0.717) is 29.4 Å². The molecule has 0 fully saturated rings. The summed E-state index contributed by atoms with van der Waals surface area (Å²) < 4.78 is 74.9. The number of imidazole rings is 1. The summed E-state index contributed by atoms with van der Waals surface area (Å²) in [5.41, 5.74) is 2.96. The van der Waals surface area contributed by atoms with Gasteiger partial charge in [0, 0.05) is 60.0 Å². The van der Waals surface area contributed by atoms with E-state index in [1.807, 2.05) is 29.6 Å². The summed E-state index contributed by atoms with van der Waals surface area (Å²) in [4.78, 5) is 21.0. The van der Waals surface area contributed by atoms with Gasteiger partial charge in [-0.2, -0.15) is 0 Å². The second-order valence-corrected chi connectivity index (χ2v) is 9.61. The lowest BCUT2D eigenvalue weighted by Crippen LogP contribution is -2.31. The number of aliphatic carboxylic acids is 1. The van der Waals surface area contributed by atoms with Gasteiger partial charge < -0.3 is 19.8 Å². The van der Waals surface area contributed by atoms with Gasteiger partial charge in [0.15, 0.2) is 11.6 Å². The van der Waals surface area contributed by atoms with Gasteiger partial charge in [0.25, 0.3) is 6.43 Å². The van der Waals surface area contributed by atoms with Crippen LogP contribution in [0.4, 0.5) is 22.0 Å². The third-order valence-corrected chi connectivity index (χ3v) is 6.62. The molecular weight excluding hydrogens is 559 g/mol. The van der Waals surface area contributed by atoms with E-state index in [2.05, 4.69) is 15.0 Å². The van der Waals surface area contributed by atoms with Crippen LogP contribution in [0.3, 0.4) is 0 Å². The zero-order valence-corrected chi connectivity index (χ0v) is 21.9. The third-order valence-electron chi connectivity index (χ3n) is 6.62. The number of nitrogens with one attached hydrogen (secondary N) is 3. The van der Waals surface area contributed by atoms with E-state index in [9.17, 15) is 22.4 Å². The summed E-state index contributed by atoms with van der Waals surface area (Å²) in [7, 11) is 0. The van der Waals surface area contributed by atoms with Crippen molar-refractivity contribution >= 4 is 16.9 Å². The van der Waals surface area contributed by atoms with Crippen molar-refractivity contribution in [1.29, 1.82) is 0 Å². The van der Waals surface area contributed by atoms with Crippen LogP contribution in [0.1, 0.15) is 28.8 Å². The summed E-state index contributed by atoms with van der Waals surface area (Å²) in [5.74, 6) is -2.43. The number of hydrogen-bond donors (Lipinski definition) is 4. The van der Waals surface area contributed by atoms with Crippen molar-refractivity contribution in [3.63, 3.8) is 0 Å². The predicted molar refractivity (Wildman–Crippen MR) is 145 cm³/mol. The molecule has 0 saturated heterocycles. The van der Waals surface area contributed by atoms with E-state index in [4.69, 9.17) is 9.84 Å². The maximum absolute atomic E-state index is 15.1. The maximum Gasteiger partial charge on any atom is 0.303 e. The Kier molecular flexibility index (Phi) is 8.53. The Bertz CT molecular complexity index is 1720. The number of hydrogen-bond acceptors (Lipinski definition) is 4. The minimum Gasteiger partial charge on any atom is -0.481 e. The largest absolute Gasteiger partial charge is 0.481 e. The van der Waals surface area contributed by atoms with Crippen molar-refractivity contribution in [3.8, 4) is 22.9 Å². The molecule has 12 heteroatoms. The van der Waals surface area contributed by atoms with Crippen LogP contribution in [0.25, 0.3) is 22.3 Å². The normalized spacial score (nSPS) is 12.2. The number of aryl methyl sites for hydroxylation is 1. The van der Waals surface area contributed by atoms with Gasteiger partial charge in [-0.15, -0.1) is 0 Å². The Morgan fingerprint density at radius 1 is 1.02 bits per heavy atom. The number of halogens is 5. The summed E-state index contributed by atoms with van der Waals surface area (Å²) >= 11 is 0. The number of carboxylic acid groups (broad SMARTS) is 1. The number of carboxylic acids is 1. The van der Waals surface area contributed by atoms with Crippen LogP contribution < -0.4 is 10.1 Å². The Labute approximate surface area is 236 Å². The van der Waals surface area contributed by atoms with Gasteiger partial charge in [-0.3, -0.25) is 10.1 Å². The molecule has 0 amide bonds. The Morgan fingerprint density at radius 2 is 1.83 bits per heavy atom. The van der Waals surface area contributed by atoms with Crippen LogP contribution in [0, 0.1) is 11.6 Å². The molecule has 1 unspecified atom stereocenters. The molecule has 218 valence electrons. The van der Waals surface area contributed by atoms with Crippen molar-refractivity contribution in [1.82, 2.24) is 20.3 Å². The fourth-order valence-electron chi connectivity index (χ4n) is 4.62. The molecular formula is C30H25F5N4O3. The topological polar surface area (TPSA) is 103 Å². The first-order chi connectivity index (χ1) is 20.2. The molecule has 0 radical (unpaired) electrons. The highest BCUT2D eigenvalue weighted by molar-refractivity contribution is 5.85. The van der Waals surface area contributed by atoms with Gasteiger partial charge in [-0.1, -0.05) is 24.3 Å². The molecule has 7 nitrogen and oxygen atoms in total. The molecule has 4 N–H and O–H groups in total. The molecule has 0 aliphatic heterocycles. The van der Waals surface area contributed by atoms with Crippen molar-refractivity contribution in [2.45, 2.75) is 38.5 Å². The number of aromatic amines is 2. The first-order valence-corrected chi connectivity index (χ1v) is 12.9. The van der Waals surface area contributed by atoms with E-state index in [1.165, 1.54) is 18.3 Å². The van der Waals surface area contributed by atoms with Gasteiger partial charge in [-0.05, 0) is 41.8 Å². The molecule has 1 atom stereocenters. The lowest BCUT2D eigenvalue weighted by atomic mass is 10.0. The number of carbonyl (C=O) groups is 1. The second-order valence-electron chi connectivity index (χ2n) is 9.61. The van der Waals surface area contributed by atoms with Crippen molar-refractivity contribution in [3.05, 3.63) is 101 Å². The zero-order chi connectivity index (χ0) is 29.8. The van der Waals surface area contributed by atoms with Gasteiger partial charge >= 0.3 is 5.97 Å². The molecule has 0 spiro atoms. The highest BCUT2D eigenvalue weighted by atomic mass is 19.3. The smallest absolute Gasteiger partial charge is 0.303 e. The number of nitrogens with zero attached hydrogens (tertiary/aromatic N) is 1. The third kappa shape index (κ3) is 6.60. The lowest BCUT2D eigenvalue weighted by molar-refractivity contribution is -0.136. The number of alkyl halides is 3. The van der Waals surface area contributed by atoms with Crippen LogP contribution in [0.5, 0.6) is 11.5 Å². The molecule has 2 heterocycles. The average Bonchev–Trinajstić information content (AvgIpc) is 3.62. The van der Waals surface area contributed by atoms with Crippen molar-refractivity contribution < 1.29 is 36.6 Å². The monoisotopic (exact) mass is 584 g/mol. The number of ether oxygens (including phenoxy) is 1. The van der Waals surface area contributed by atoms with Crippen LogP contribution >= 0.6 is 0 Å². The molecule has 0 bridgehead atoms. The van der Waals surface area contributed by atoms with Crippen LogP contribution in [-0.2, 0) is 24.2 Å². The molecule has 0 aliphatic rings. The minimum absolute atomic E-state index is 0.0162. The molecule has 3 aromatic carbocycles. The quantitative estimate of drug-likeness (QED) is 0.0945. The van der Waals surface area contributed by atoms with Gasteiger partial charge in [0.05, 0.1) is 5.56 Å². The Morgan fingerprint density at radius 3 is 2.62 bits per heavy atom. The summed E-state index contributed by atoms with van der Waals surface area (Å²) in [6, 6.07) is 13.9. The highest BCUT2D eigenvalue weighted by Gasteiger charge is 2.22. The first-order valence-electron chi connectivity index (χ1n) is 12.9. The van der Waals surface area contributed by atoms with Gasteiger partial charge in [-0.25, -0.2) is 26.9 Å². The number of aromatic nitrogens is 3. The molecule has 0 saturated carbocycles.